The van der Waals surface area contributed by atoms with Gasteiger partial charge in [0.1, 0.15) is 7.05 Å². The second kappa shape index (κ2) is 7.05. The van der Waals surface area contributed by atoms with E-state index in [0.717, 1.165) is 0 Å². The predicted molar refractivity (Wildman–Crippen MR) is 149 cm³/mol. The van der Waals surface area contributed by atoms with E-state index in [4.69, 9.17) is 0 Å². The number of benzene rings is 4. The maximum Gasteiger partial charge on any atom is 0.224 e. The fourth-order valence-corrected chi connectivity index (χ4v) is 6.07. The first-order chi connectivity index (χ1) is 16.9. The summed E-state index contributed by atoms with van der Waals surface area (Å²) in [5.41, 5.74) is 11.9. The van der Waals surface area contributed by atoms with Crippen LogP contribution in [0.5, 0.6) is 0 Å². The normalized spacial score (nSPS) is 12.4. The molecule has 0 saturated heterocycles. The lowest BCUT2D eigenvalue weighted by Crippen LogP contribution is -2.29. The number of hydrogen-bond donors (Lipinski definition) is 0. The lowest BCUT2D eigenvalue weighted by Gasteiger charge is -2.16. The Balaban J connectivity index is 1.79. The monoisotopic (exact) mass is 453 g/mol. The van der Waals surface area contributed by atoms with Gasteiger partial charge in [-0.05, 0) is 77.2 Å². The summed E-state index contributed by atoms with van der Waals surface area (Å²) in [5, 5.41) is 6.71. The van der Waals surface area contributed by atoms with E-state index < -0.39 is 0 Å². The molecule has 0 aliphatic carbocycles. The SMILES string of the molecule is Cc1cc2c3cc(-c4ccccc4)ccc3n3c4cc(C(C)C)cc5cc[n+](C)c(c(c1C)c23)c54. The first-order valence-electron chi connectivity index (χ1n) is 12.5. The second-order valence-corrected chi connectivity index (χ2v) is 10.5. The zero-order valence-electron chi connectivity index (χ0n) is 21.0. The third-order valence-corrected chi connectivity index (χ3v) is 8.06. The number of aryl methyl sites for hydroxylation is 3. The summed E-state index contributed by atoms with van der Waals surface area (Å²) in [5.74, 6) is 0.469. The van der Waals surface area contributed by atoms with Gasteiger partial charge in [-0.3, -0.25) is 0 Å². The van der Waals surface area contributed by atoms with Gasteiger partial charge in [0.2, 0.25) is 5.52 Å². The van der Waals surface area contributed by atoms with E-state index in [1.54, 1.807) is 0 Å². The van der Waals surface area contributed by atoms with Gasteiger partial charge in [-0.2, -0.15) is 0 Å². The average molecular weight is 454 g/mol. The van der Waals surface area contributed by atoms with Crippen LogP contribution in [-0.2, 0) is 7.05 Å². The fraction of sp³-hybridized carbons (Fsp3) is 0.182. The molecule has 170 valence electrons. The first-order valence-corrected chi connectivity index (χ1v) is 12.5. The molecule has 0 bridgehead atoms. The van der Waals surface area contributed by atoms with Crippen LogP contribution in [0.25, 0.3) is 60.1 Å². The Morgan fingerprint density at radius 2 is 1.54 bits per heavy atom. The Bertz CT molecular complexity index is 1940. The summed E-state index contributed by atoms with van der Waals surface area (Å²) in [7, 11) is 2.19. The number of aromatic nitrogens is 2. The molecule has 0 N–H and O–H groups in total. The van der Waals surface area contributed by atoms with Crippen molar-refractivity contribution in [2.45, 2.75) is 33.6 Å². The van der Waals surface area contributed by atoms with Gasteiger partial charge >= 0.3 is 0 Å². The minimum absolute atomic E-state index is 0.469. The Morgan fingerprint density at radius 3 is 2.31 bits per heavy atom. The van der Waals surface area contributed by atoms with Crippen molar-refractivity contribution in [1.29, 1.82) is 0 Å². The van der Waals surface area contributed by atoms with E-state index >= 15 is 0 Å². The van der Waals surface area contributed by atoms with Gasteiger partial charge in [0.15, 0.2) is 6.20 Å². The third kappa shape index (κ3) is 2.68. The molecular weight excluding hydrogens is 424 g/mol. The van der Waals surface area contributed by atoms with E-state index in [1.165, 1.54) is 76.8 Å². The van der Waals surface area contributed by atoms with Gasteiger partial charge in [0, 0.05) is 16.8 Å². The highest BCUT2D eigenvalue weighted by Gasteiger charge is 2.25. The van der Waals surface area contributed by atoms with Crippen LogP contribution in [0.2, 0.25) is 0 Å². The van der Waals surface area contributed by atoms with Crippen molar-refractivity contribution in [3.8, 4) is 11.1 Å². The number of rotatable bonds is 2. The lowest BCUT2D eigenvalue weighted by molar-refractivity contribution is -0.643. The molecule has 0 saturated carbocycles. The zero-order valence-corrected chi connectivity index (χ0v) is 21.0. The number of nitrogens with zero attached hydrogens (tertiary/aromatic N) is 2. The number of pyridine rings is 2. The van der Waals surface area contributed by atoms with Crippen molar-refractivity contribution in [2.75, 3.05) is 0 Å². The minimum Gasteiger partial charge on any atom is -0.307 e. The summed E-state index contributed by atoms with van der Waals surface area (Å²) in [4.78, 5) is 0. The summed E-state index contributed by atoms with van der Waals surface area (Å²) in [6.45, 7) is 9.12. The van der Waals surface area contributed by atoms with Crippen molar-refractivity contribution in [3.05, 3.63) is 95.7 Å². The Kier molecular flexibility index (Phi) is 4.12. The molecule has 0 spiro atoms. The molecule has 35 heavy (non-hydrogen) atoms. The van der Waals surface area contributed by atoms with Crippen molar-refractivity contribution in [1.82, 2.24) is 4.40 Å². The van der Waals surface area contributed by atoms with E-state index in [0.29, 0.717) is 5.92 Å². The van der Waals surface area contributed by atoms with Crippen LogP contribution in [0.1, 0.15) is 36.5 Å². The highest BCUT2D eigenvalue weighted by Crippen LogP contribution is 2.43. The smallest absolute Gasteiger partial charge is 0.224 e. The molecule has 0 aliphatic rings. The summed E-state index contributed by atoms with van der Waals surface area (Å²) >= 11 is 0. The molecule has 2 nitrogen and oxygen atoms in total. The Morgan fingerprint density at radius 1 is 0.743 bits per heavy atom. The van der Waals surface area contributed by atoms with E-state index in [1.807, 2.05) is 0 Å². The fourth-order valence-electron chi connectivity index (χ4n) is 6.07. The van der Waals surface area contributed by atoms with E-state index in [2.05, 4.69) is 123 Å². The average Bonchev–Trinajstić information content (AvgIpc) is 3.19. The third-order valence-electron chi connectivity index (χ3n) is 8.06. The van der Waals surface area contributed by atoms with Crippen LogP contribution >= 0.6 is 0 Å². The predicted octanol–water partition coefficient (Wildman–Crippen LogP) is 8.22. The zero-order chi connectivity index (χ0) is 24.0. The van der Waals surface area contributed by atoms with E-state index in [9.17, 15) is 0 Å². The van der Waals surface area contributed by atoms with Gasteiger partial charge in [0.25, 0.3) is 0 Å². The van der Waals surface area contributed by atoms with Crippen LogP contribution in [0.4, 0.5) is 0 Å². The molecule has 3 heterocycles. The second-order valence-electron chi connectivity index (χ2n) is 10.5. The van der Waals surface area contributed by atoms with E-state index in [-0.39, 0.29) is 0 Å². The summed E-state index contributed by atoms with van der Waals surface area (Å²) in [6.07, 6.45) is 2.23. The topological polar surface area (TPSA) is 8.29 Å². The van der Waals surface area contributed by atoms with Crippen LogP contribution in [0.3, 0.4) is 0 Å². The Hall–Kier alpha value is -3.91. The highest BCUT2D eigenvalue weighted by molar-refractivity contribution is 6.26. The van der Waals surface area contributed by atoms with Gasteiger partial charge in [-0.15, -0.1) is 0 Å². The van der Waals surface area contributed by atoms with Gasteiger partial charge in [-0.25, -0.2) is 4.57 Å². The van der Waals surface area contributed by atoms with Crippen LogP contribution in [0, 0.1) is 13.8 Å². The molecule has 2 heteroatoms. The quantitative estimate of drug-likeness (QED) is 0.142. The number of fused-ring (bicyclic) bond motifs is 5. The molecule has 0 aliphatic heterocycles. The minimum atomic E-state index is 0.469. The van der Waals surface area contributed by atoms with Crippen molar-refractivity contribution < 1.29 is 4.57 Å². The van der Waals surface area contributed by atoms with Crippen LogP contribution in [0.15, 0.2) is 79.0 Å². The summed E-state index contributed by atoms with van der Waals surface area (Å²) in [6, 6.07) is 27.2. The van der Waals surface area contributed by atoms with Gasteiger partial charge in [0.05, 0.1) is 27.3 Å². The van der Waals surface area contributed by atoms with Crippen molar-refractivity contribution in [3.63, 3.8) is 0 Å². The summed E-state index contributed by atoms with van der Waals surface area (Å²) < 4.78 is 4.86. The molecule has 0 unspecified atom stereocenters. The Labute approximate surface area is 205 Å². The molecule has 0 amide bonds. The van der Waals surface area contributed by atoms with Crippen molar-refractivity contribution >= 4 is 49.0 Å². The van der Waals surface area contributed by atoms with Crippen LogP contribution < -0.4 is 4.57 Å². The largest absolute Gasteiger partial charge is 0.307 e. The van der Waals surface area contributed by atoms with Gasteiger partial charge in [-0.1, -0.05) is 56.3 Å². The molecule has 0 atom stereocenters. The molecule has 0 radical (unpaired) electrons. The maximum atomic E-state index is 2.54. The standard InChI is InChI=1S/C33H29N2/c1-19(2)25-16-24-13-14-34(5)33-30-21(4)20(3)15-27-26-17-23(22-9-7-6-8-10-22)11-12-28(26)35(32(27)30)29(18-25)31(24)33/h6-19H,1-5H3/q+1. The lowest BCUT2D eigenvalue weighted by atomic mass is 9.94. The van der Waals surface area contributed by atoms with Crippen LogP contribution in [-0.4, -0.2) is 4.40 Å². The first kappa shape index (κ1) is 20.5. The molecule has 3 aromatic heterocycles. The maximum absolute atomic E-state index is 2.54. The highest BCUT2D eigenvalue weighted by atomic mass is 15.0. The molecule has 4 aromatic carbocycles. The molecule has 0 fully saturated rings. The molecule has 7 aromatic rings. The number of hydrogen-bond acceptors (Lipinski definition) is 0. The molecule has 7 rings (SSSR count). The van der Waals surface area contributed by atoms with Crippen molar-refractivity contribution in [2.24, 2.45) is 7.05 Å². The van der Waals surface area contributed by atoms with Gasteiger partial charge < -0.3 is 4.40 Å². The molecular formula is C33H29N2+.